The summed E-state index contributed by atoms with van der Waals surface area (Å²) in [7, 11) is 0. The van der Waals surface area contributed by atoms with Gasteiger partial charge in [-0.25, -0.2) is 4.79 Å². The van der Waals surface area contributed by atoms with Crippen LogP contribution in [0.15, 0.2) is 77.3 Å². The number of quaternary nitrogens is 1. The molecule has 2 N–H and O–H groups in total. The number of hydrogen-bond acceptors (Lipinski definition) is 3. The second-order valence-corrected chi connectivity index (χ2v) is 8.61. The molecule has 3 atom stereocenters. The van der Waals surface area contributed by atoms with Crippen molar-refractivity contribution in [2.24, 2.45) is 0 Å². The first kappa shape index (κ1) is 20.9. The molecule has 154 valence electrons. The highest BCUT2D eigenvalue weighted by Crippen LogP contribution is 2.35. The fraction of sp³-hybridized carbons (Fsp3) is 0.208. The molecule has 3 aromatic carbocycles. The van der Waals surface area contributed by atoms with E-state index in [1.165, 1.54) is 0 Å². The molecule has 3 aromatic rings. The topological polar surface area (TPSA) is 42.8 Å². The Labute approximate surface area is 189 Å². The number of carbonyl (C=O) groups excluding carboxylic acids is 1. The van der Waals surface area contributed by atoms with E-state index in [2.05, 4.69) is 45.5 Å². The number of fused-ring (bicyclic) bond motifs is 1. The molecule has 0 spiro atoms. The fourth-order valence-corrected chi connectivity index (χ4v) is 4.60. The SMILES string of the molecule is CCOC(=O)C[NH+]1[C@H](c2ccccc2)c2cc(Br)ccc2N[C@@H]1c1ccc(Cl)cc1. The normalized spacial score (nSPS) is 20.2. The predicted octanol–water partition coefficient (Wildman–Crippen LogP) is 4.76. The Morgan fingerprint density at radius 2 is 1.80 bits per heavy atom. The molecular formula is C24H23BrClN2O2+. The highest BCUT2D eigenvalue weighted by Gasteiger charge is 2.41. The number of halogens is 2. The summed E-state index contributed by atoms with van der Waals surface area (Å²) in [6, 6.07) is 24.3. The van der Waals surface area contributed by atoms with Crippen LogP contribution in [0.5, 0.6) is 0 Å². The van der Waals surface area contributed by atoms with Crippen LogP contribution in [-0.4, -0.2) is 19.1 Å². The first-order chi connectivity index (χ1) is 14.6. The summed E-state index contributed by atoms with van der Waals surface area (Å²) in [5.74, 6) is -0.215. The number of benzene rings is 3. The van der Waals surface area contributed by atoms with Gasteiger partial charge in [-0.2, -0.15) is 0 Å². The van der Waals surface area contributed by atoms with Gasteiger partial charge in [0.2, 0.25) is 0 Å². The Morgan fingerprint density at radius 1 is 1.07 bits per heavy atom. The molecular weight excluding hydrogens is 464 g/mol. The van der Waals surface area contributed by atoms with E-state index in [1.807, 2.05) is 55.5 Å². The standard InChI is InChI=1S/C24H22BrClN2O2/c1-2-30-22(29)15-28-23(16-6-4-3-5-7-16)20-14-18(25)10-13-21(20)27-24(28)17-8-11-19(26)12-9-17/h3-14,23-24,27H,2,15H2,1H3/p+1/t23-,24+/m1/s1. The van der Waals surface area contributed by atoms with Crippen molar-refractivity contribution in [3.05, 3.63) is 99.0 Å². The summed E-state index contributed by atoms with van der Waals surface area (Å²) < 4.78 is 6.33. The molecule has 30 heavy (non-hydrogen) atoms. The van der Waals surface area contributed by atoms with E-state index in [9.17, 15) is 4.79 Å². The van der Waals surface area contributed by atoms with E-state index in [0.29, 0.717) is 11.6 Å². The highest BCUT2D eigenvalue weighted by atomic mass is 79.9. The molecule has 0 radical (unpaired) electrons. The van der Waals surface area contributed by atoms with Gasteiger partial charge in [0.15, 0.2) is 12.7 Å². The summed E-state index contributed by atoms with van der Waals surface area (Å²) in [5, 5.41) is 4.33. The van der Waals surface area contributed by atoms with Crippen molar-refractivity contribution < 1.29 is 14.4 Å². The van der Waals surface area contributed by atoms with Gasteiger partial charge >= 0.3 is 5.97 Å². The number of anilines is 1. The summed E-state index contributed by atoms with van der Waals surface area (Å²) in [6.07, 6.45) is -0.134. The molecule has 0 amide bonds. The first-order valence-corrected chi connectivity index (χ1v) is 11.1. The van der Waals surface area contributed by atoms with E-state index < -0.39 is 0 Å². The van der Waals surface area contributed by atoms with Crippen molar-refractivity contribution in [2.45, 2.75) is 19.1 Å². The van der Waals surface area contributed by atoms with E-state index >= 15 is 0 Å². The Hall–Kier alpha value is -2.34. The van der Waals surface area contributed by atoms with Crippen LogP contribution in [0, 0.1) is 0 Å². The Kier molecular flexibility index (Phi) is 6.42. The summed E-state index contributed by atoms with van der Waals surface area (Å²) in [5.41, 5.74) is 4.41. The van der Waals surface area contributed by atoms with Gasteiger partial charge in [0, 0.05) is 31.9 Å². The molecule has 0 fully saturated rings. The van der Waals surface area contributed by atoms with Crippen molar-refractivity contribution in [3.8, 4) is 0 Å². The third-order valence-electron chi connectivity index (χ3n) is 5.36. The fourth-order valence-electron chi connectivity index (χ4n) is 4.09. The number of rotatable bonds is 5. The molecule has 1 unspecified atom stereocenters. The molecule has 4 rings (SSSR count). The van der Waals surface area contributed by atoms with Gasteiger partial charge in [-0.1, -0.05) is 57.9 Å². The predicted molar refractivity (Wildman–Crippen MR) is 123 cm³/mol. The average Bonchev–Trinajstić information content (AvgIpc) is 2.75. The van der Waals surface area contributed by atoms with Crippen LogP contribution in [0.1, 0.15) is 35.8 Å². The van der Waals surface area contributed by atoms with E-state index in [0.717, 1.165) is 31.8 Å². The lowest BCUT2D eigenvalue weighted by Gasteiger charge is -2.41. The Morgan fingerprint density at radius 3 is 2.50 bits per heavy atom. The molecule has 0 aliphatic carbocycles. The molecule has 1 aliphatic heterocycles. The molecule has 0 bridgehead atoms. The maximum atomic E-state index is 12.6. The van der Waals surface area contributed by atoms with E-state index in [-0.39, 0.29) is 24.7 Å². The largest absolute Gasteiger partial charge is 0.462 e. The second-order valence-electron chi connectivity index (χ2n) is 7.26. The van der Waals surface area contributed by atoms with Crippen LogP contribution in [0.25, 0.3) is 0 Å². The van der Waals surface area contributed by atoms with Crippen LogP contribution in [0.2, 0.25) is 5.02 Å². The smallest absolute Gasteiger partial charge is 0.361 e. The Bertz CT molecular complexity index is 1030. The van der Waals surface area contributed by atoms with Gasteiger partial charge in [-0.05, 0) is 49.4 Å². The Balaban J connectivity index is 1.86. The number of hydrogen-bond donors (Lipinski definition) is 2. The van der Waals surface area contributed by atoms with Gasteiger partial charge < -0.3 is 10.1 Å². The maximum absolute atomic E-state index is 12.6. The second kappa shape index (κ2) is 9.21. The zero-order valence-corrected chi connectivity index (χ0v) is 18.9. The molecule has 0 aromatic heterocycles. The van der Waals surface area contributed by atoms with E-state index in [4.69, 9.17) is 16.3 Å². The zero-order chi connectivity index (χ0) is 21.1. The molecule has 4 nitrogen and oxygen atoms in total. The third-order valence-corrected chi connectivity index (χ3v) is 6.10. The van der Waals surface area contributed by atoms with Crippen molar-refractivity contribution in [3.63, 3.8) is 0 Å². The number of carbonyl (C=O) groups is 1. The van der Waals surface area contributed by atoms with Gasteiger partial charge in [0.1, 0.15) is 6.04 Å². The molecule has 1 heterocycles. The van der Waals surface area contributed by atoms with Crippen LogP contribution in [0.4, 0.5) is 5.69 Å². The molecule has 0 saturated heterocycles. The number of esters is 1. The zero-order valence-electron chi connectivity index (χ0n) is 16.6. The quantitative estimate of drug-likeness (QED) is 0.511. The van der Waals surface area contributed by atoms with Crippen LogP contribution in [0.3, 0.4) is 0 Å². The van der Waals surface area contributed by atoms with Crippen molar-refractivity contribution in [1.82, 2.24) is 0 Å². The number of nitrogens with one attached hydrogen (secondary N) is 2. The lowest BCUT2D eigenvalue weighted by atomic mass is 9.91. The minimum atomic E-state index is -0.215. The van der Waals surface area contributed by atoms with Gasteiger partial charge in [-0.15, -0.1) is 0 Å². The monoisotopic (exact) mass is 485 g/mol. The van der Waals surface area contributed by atoms with Gasteiger partial charge in [0.05, 0.1) is 6.61 Å². The van der Waals surface area contributed by atoms with E-state index in [1.54, 1.807) is 0 Å². The average molecular weight is 487 g/mol. The molecule has 1 aliphatic rings. The molecule has 6 heteroatoms. The maximum Gasteiger partial charge on any atom is 0.361 e. The molecule has 0 saturated carbocycles. The lowest BCUT2D eigenvalue weighted by molar-refractivity contribution is -0.947. The lowest BCUT2D eigenvalue weighted by Crippen LogP contribution is -3.15. The third kappa shape index (κ3) is 4.38. The van der Waals surface area contributed by atoms with Crippen LogP contribution >= 0.6 is 27.5 Å². The van der Waals surface area contributed by atoms with Crippen LogP contribution in [-0.2, 0) is 9.53 Å². The highest BCUT2D eigenvalue weighted by molar-refractivity contribution is 9.10. The summed E-state index contributed by atoms with van der Waals surface area (Å²) in [4.78, 5) is 13.7. The van der Waals surface area contributed by atoms with Crippen LogP contribution < -0.4 is 10.2 Å². The van der Waals surface area contributed by atoms with Crippen molar-refractivity contribution >= 4 is 39.2 Å². The van der Waals surface area contributed by atoms with Gasteiger partial charge in [-0.3, -0.25) is 4.90 Å². The summed E-state index contributed by atoms with van der Waals surface area (Å²) in [6.45, 7) is 2.43. The van der Waals surface area contributed by atoms with Gasteiger partial charge in [0.25, 0.3) is 0 Å². The summed E-state index contributed by atoms with van der Waals surface area (Å²) >= 11 is 9.74. The minimum absolute atomic E-state index is 0.0370. The minimum Gasteiger partial charge on any atom is -0.462 e. The number of ether oxygens (including phenoxy) is 1. The first-order valence-electron chi connectivity index (χ1n) is 9.94. The van der Waals surface area contributed by atoms with Crippen molar-refractivity contribution in [2.75, 3.05) is 18.5 Å². The van der Waals surface area contributed by atoms with Crippen molar-refractivity contribution in [1.29, 1.82) is 0 Å².